The molecule has 0 radical (unpaired) electrons. The van der Waals surface area contributed by atoms with E-state index in [4.69, 9.17) is 0 Å². The predicted molar refractivity (Wildman–Crippen MR) is 80.8 cm³/mol. The topological polar surface area (TPSA) is 27.5 Å². The molecule has 0 heterocycles. The SMILES string of the molecule is CCCCCCCCCCCCCC[NH+]([O-])CC. The molecule has 0 amide bonds. The monoisotopic (exact) mass is 257 g/mol. The summed E-state index contributed by atoms with van der Waals surface area (Å²) >= 11 is 0. The lowest BCUT2D eigenvalue weighted by molar-refractivity contribution is -0.846. The lowest BCUT2D eigenvalue weighted by Gasteiger charge is -2.19. The number of hydrogen-bond acceptors (Lipinski definition) is 1. The Morgan fingerprint density at radius 1 is 0.611 bits per heavy atom. The molecule has 18 heavy (non-hydrogen) atoms. The zero-order valence-corrected chi connectivity index (χ0v) is 12.8. The minimum absolute atomic E-state index is 0.432. The minimum atomic E-state index is 0.432. The van der Waals surface area contributed by atoms with Gasteiger partial charge in [0.15, 0.2) is 0 Å². The summed E-state index contributed by atoms with van der Waals surface area (Å²) in [7, 11) is 0. The number of quaternary nitrogens is 1. The Morgan fingerprint density at radius 3 is 1.39 bits per heavy atom. The molecule has 2 nitrogen and oxygen atoms in total. The molecule has 0 aliphatic rings. The zero-order chi connectivity index (χ0) is 13.5. The van der Waals surface area contributed by atoms with Crippen molar-refractivity contribution in [2.24, 2.45) is 0 Å². The molecule has 1 N–H and O–H groups in total. The minimum Gasteiger partial charge on any atom is -0.634 e. The van der Waals surface area contributed by atoms with E-state index in [1.54, 1.807) is 0 Å². The van der Waals surface area contributed by atoms with Crippen LogP contribution in [0, 0.1) is 5.21 Å². The Kier molecular flexibility index (Phi) is 14.9. The van der Waals surface area contributed by atoms with Crippen molar-refractivity contribution < 1.29 is 5.06 Å². The Hall–Kier alpha value is -0.0800. The average Bonchev–Trinajstić information content (AvgIpc) is 2.39. The molecule has 1 unspecified atom stereocenters. The maximum atomic E-state index is 11.1. The second-order valence-electron chi connectivity index (χ2n) is 5.53. The highest BCUT2D eigenvalue weighted by molar-refractivity contribution is 4.48. The number of nitrogens with one attached hydrogen (secondary N) is 1. The summed E-state index contributed by atoms with van der Waals surface area (Å²) in [5.41, 5.74) is 0. The third-order valence-corrected chi connectivity index (χ3v) is 3.70. The van der Waals surface area contributed by atoms with Crippen LogP contribution in [0.3, 0.4) is 0 Å². The van der Waals surface area contributed by atoms with Crippen LogP contribution in [0.25, 0.3) is 0 Å². The summed E-state index contributed by atoms with van der Waals surface area (Å²) in [6, 6.07) is 0. The third-order valence-electron chi connectivity index (χ3n) is 3.70. The van der Waals surface area contributed by atoms with Crippen LogP contribution in [-0.2, 0) is 0 Å². The molecule has 0 aromatic rings. The van der Waals surface area contributed by atoms with Crippen molar-refractivity contribution in [3.63, 3.8) is 0 Å². The van der Waals surface area contributed by atoms with Crippen LogP contribution in [0.4, 0.5) is 0 Å². The van der Waals surface area contributed by atoms with Gasteiger partial charge in [-0.05, 0) is 19.8 Å². The van der Waals surface area contributed by atoms with E-state index >= 15 is 0 Å². The van der Waals surface area contributed by atoms with Crippen molar-refractivity contribution in [2.75, 3.05) is 13.1 Å². The molecule has 1 atom stereocenters. The fourth-order valence-corrected chi connectivity index (χ4v) is 2.34. The van der Waals surface area contributed by atoms with E-state index < -0.39 is 0 Å². The molecule has 0 rings (SSSR count). The van der Waals surface area contributed by atoms with Gasteiger partial charge in [0.05, 0.1) is 13.1 Å². The summed E-state index contributed by atoms with van der Waals surface area (Å²) in [5.74, 6) is 0. The van der Waals surface area contributed by atoms with Crippen LogP contribution in [0.5, 0.6) is 0 Å². The van der Waals surface area contributed by atoms with Gasteiger partial charge in [-0.15, -0.1) is 0 Å². The Morgan fingerprint density at radius 2 is 1.00 bits per heavy atom. The maximum Gasteiger partial charge on any atom is 0.0768 e. The highest BCUT2D eigenvalue weighted by Gasteiger charge is 1.95. The van der Waals surface area contributed by atoms with E-state index in [0.717, 1.165) is 19.5 Å². The van der Waals surface area contributed by atoms with Crippen molar-refractivity contribution >= 4 is 0 Å². The summed E-state index contributed by atoms with van der Waals surface area (Å²) in [4.78, 5) is 0. The van der Waals surface area contributed by atoms with Gasteiger partial charge >= 0.3 is 0 Å². The van der Waals surface area contributed by atoms with Crippen molar-refractivity contribution in [1.82, 2.24) is 0 Å². The molecule has 2 heteroatoms. The van der Waals surface area contributed by atoms with Crippen molar-refractivity contribution in [1.29, 1.82) is 0 Å². The van der Waals surface area contributed by atoms with Gasteiger partial charge in [0, 0.05) is 0 Å². The first-order valence-electron chi connectivity index (χ1n) is 8.33. The third kappa shape index (κ3) is 14.0. The Bertz CT molecular complexity index is 150. The van der Waals surface area contributed by atoms with E-state index in [9.17, 15) is 5.21 Å². The molecular formula is C16H35NO. The highest BCUT2D eigenvalue weighted by atomic mass is 16.5. The van der Waals surface area contributed by atoms with Crippen LogP contribution in [0.15, 0.2) is 0 Å². The first-order valence-corrected chi connectivity index (χ1v) is 8.33. The van der Waals surface area contributed by atoms with Gasteiger partial charge in [0.2, 0.25) is 0 Å². The number of unbranched alkanes of at least 4 members (excludes halogenated alkanes) is 11. The summed E-state index contributed by atoms with van der Waals surface area (Å²) in [5, 5.41) is 11.5. The van der Waals surface area contributed by atoms with Crippen molar-refractivity contribution in [3.05, 3.63) is 5.21 Å². The summed E-state index contributed by atoms with van der Waals surface area (Å²) < 4.78 is 0. The molecule has 0 saturated heterocycles. The number of rotatable bonds is 14. The van der Waals surface area contributed by atoms with Gasteiger partial charge in [-0.25, -0.2) is 0 Å². The molecule has 0 spiro atoms. The predicted octanol–water partition coefficient (Wildman–Crippen LogP) is 4.09. The van der Waals surface area contributed by atoms with E-state index in [-0.39, 0.29) is 0 Å². The highest BCUT2D eigenvalue weighted by Crippen LogP contribution is 2.11. The van der Waals surface area contributed by atoms with E-state index in [1.807, 2.05) is 6.92 Å². The fraction of sp³-hybridized carbons (Fsp3) is 1.00. The second-order valence-corrected chi connectivity index (χ2v) is 5.53. The maximum absolute atomic E-state index is 11.1. The molecule has 0 aliphatic carbocycles. The van der Waals surface area contributed by atoms with E-state index in [1.165, 1.54) is 70.6 Å². The van der Waals surface area contributed by atoms with Crippen molar-refractivity contribution in [2.45, 2.75) is 90.9 Å². The standard InChI is InChI=1S/C16H35NO/c1-3-5-6-7-8-9-10-11-12-13-14-15-16-17(18)4-2/h17H,3-16H2,1-2H3. The van der Waals surface area contributed by atoms with Crippen molar-refractivity contribution in [3.8, 4) is 0 Å². The summed E-state index contributed by atoms with van der Waals surface area (Å²) in [6.07, 6.45) is 16.4. The molecule has 0 aromatic carbocycles. The normalized spacial score (nSPS) is 12.8. The van der Waals surface area contributed by atoms with Gasteiger partial charge in [-0.1, -0.05) is 71.1 Å². The fourth-order valence-electron chi connectivity index (χ4n) is 2.34. The molecular weight excluding hydrogens is 222 g/mol. The summed E-state index contributed by atoms with van der Waals surface area (Å²) in [6.45, 7) is 5.77. The van der Waals surface area contributed by atoms with Gasteiger partial charge in [-0.2, -0.15) is 0 Å². The van der Waals surface area contributed by atoms with Crippen LogP contribution in [-0.4, -0.2) is 13.1 Å². The average molecular weight is 257 g/mol. The molecule has 0 saturated carbocycles. The van der Waals surface area contributed by atoms with Gasteiger partial charge in [0.1, 0.15) is 0 Å². The number of hydrogen-bond donors (Lipinski definition) is 1. The molecule has 110 valence electrons. The quantitative estimate of drug-likeness (QED) is 0.368. The zero-order valence-electron chi connectivity index (χ0n) is 12.8. The van der Waals surface area contributed by atoms with E-state index in [0.29, 0.717) is 5.06 Å². The first-order chi connectivity index (χ1) is 8.81. The van der Waals surface area contributed by atoms with Crippen LogP contribution >= 0.6 is 0 Å². The molecule has 0 bridgehead atoms. The molecule has 0 aromatic heterocycles. The molecule has 0 fully saturated rings. The van der Waals surface area contributed by atoms with E-state index in [2.05, 4.69) is 6.92 Å². The smallest absolute Gasteiger partial charge is 0.0768 e. The van der Waals surface area contributed by atoms with Gasteiger partial charge in [0.25, 0.3) is 0 Å². The largest absolute Gasteiger partial charge is 0.634 e. The lowest BCUT2D eigenvalue weighted by Crippen LogP contribution is -3.06. The van der Waals surface area contributed by atoms with Crippen LogP contribution in [0.1, 0.15) is 90.9 Å². The Labute approximate surface area is 115 Å². The van der Waals surface area contributed by atoms with Gasteiger partial charge in [-0.3, -0.25) is 0 Å². The van der Waals surface area contributed by atoms with Crippen LogP contribution < -0.4 is 5.06 Å². The Balaban J connectivity index is 2.94. The van der Waals surface area contributed by atoms with Crippen LogP contribution in [0.2, 0.25) is 0 Å². The first kappa shape index (κ1) is 17.9. The lowest BCUT2D eigenvalue weighted by atomic mass is 10.1. The second kappa shape index (κ2) is 15.0. The molecule has 0 aliphatic heterocycles. The number of hydroxylamine groups is 2. The van der Waals surface area contributed by atoms with Gasteiger partial charge < -0.3 is 10.3 Å².